The van der Waals surface area contributed by atoms with E-state index in [0.29, 0.717) is 24.6 Å². The SMILES string of the molecule is CC(C)(C)N1CCC[C@@H](Nc2ccc3c(c2)CN([C@H]2CCC(=O)NC2=O)C3=O)C1. The molecule has 156 valence electrons. The Morgan fingerprint density at radius 1 is 1.14 bits per heavy atom. The number of anilines is 1. The van der Waals surface area contributed by atoms with Crippen molar-refractivity contribution < 1.29 is 14.4 Å². The predicted molar refractivity (Wildman–Crippen MR) is 110 cm³/mol. The highest BCUT2D eigenvalue weighted by Gasteiger charge is 2.39. The summed E-state index contributed by atoms with van der Waals surface area (Å²) in [6, 6.07) is 5.67. The molecule has 2 fully saturated rings. The quantitative estimate of drug-likeness (QED) is 0.763. The lowest BCUT2D eigenvalue weighted by molar-refractivity contribution is -0.136. The third-order valence-corrected chi connectivity index (χ3v) is 6.26. The van der Waals surface area contributed by atoms with Crippen LogP contribution in [0.1, 0.15) is 62.4 Å². The summed E-state index contributed by atoms with van der Waals surface area (Å²) in [5.41, 5.74) is 2.77. The molecule has 0 aliphatic carbocycles. The van der Waals surface area contributed by atoms with Gasteiger partial charge in [0.25, 0.3) is 5.91 Å². The average molecular weight is 399 g/mol. The first-order chi connectivity index (χ1) is 13.7. The molecule has 3 amide bonds. The maximum Gasteiger partial charge on any atom is 0.255 e. The largest absolute Gasteiger partial charge is 0.381 e. The van der Waals surface area contributed by atoms with Crippen LogP contribution in [0.15, 0.2) is 18.2 Å². The molecule has 3 heterocycles. The van der Waals surface area contributed by atoms with Crippen LogP contribution in [-0.2, 0) is 16.1 Å². The first-order valence-corrected chi connectivity index (χ1v) is 10.5. The van der Waals surface area contributed by atoms with E-state index in [2.05, 4.69) is 36.3 Å². The Labute approximate surface area is 171 Å². The Kier molecular flexibility index (Phi) is 5.11. The molecule has 4 rings (SSSR count). The number of imide groups is 1. The molecule has 3 aliphatic heterocycles. The van der Waals surface area contributed by atoms with Gasteiger partial charge in [-0.25, -0.2) is 0 Å². The fourth-order valence-electron chi connectivity index (χ4n) is 4.60. The van der Waals surface area contributed by atoms with Crippen LogP contribution in [0.5, 0.6) is 0 Å². The van der Waals surface area contributed by atoms with Crippen LogP contribution >= 0.6 is 0 Å². The van der Waals surface area contributed by atoms with Gasteiger partial charge in [0.1, 0.15) is 6.04 Å². The van der Waals surface area contributed by atoms with Crippen molar-refractivity contribution >= 4 is 23.4 Å². The number of rotatable bonds is 3. The molecule has 1 aromatic carbocycles. The molecule has 0 saturated carbocycles. The van der Waals surface area contributed by atoms with E-state index < -0.39 is 6.04 Å². The van der Waals surface area contributed by atoms with Gasteiger partial charge < -0.3 is 10.2 Å². The van der Waals surface area contributed by atoms with Crippen LogP contribution in [0, 0.1) is 0 Å². The van der Waals surface area contributed by atoms with Gasteiger partial charge in [-0.05, 0) is 70.3 Å². The van der Waals surface area contributed by atoms with Crippen molar-refractivity contribution in [2.24, 2.45) is 0 Å². The summed E-state index contributed by atoms with van der Waals surface area (Å²) in [7, 11) is 0. The van der Waals surface area contributed by atoms with E-state index in [4.69, 9.17) is 0 Å². The van der Waals surface area contributed by atoms with E-state index in [1.54, 1.807) is 4.90 Å². The number of fused-ring (bicyclic) bond motifs is 1. The molecule has 0 radical (unpaired) electrons. The summed E-state index contributed by atoms with van der Waals surface area (Å²) in [6.07, 6.45) is 2.96. The number of carbonyl (C=O) groups is 3. The predicted octanol–water partition coefficient (Wildman–Crippen LogP) is 2.12. The molecule has 29 heavy (non-hydrogen) atoms. The van der Waals surface area contributed by atoms with Crippen molar-refractivity contribution in [3.05, 3.63) is 29.3 Å². The van der Waals surface area contributed by atoms with E-state index in [-0.39, 0.29) is 29.7 Å². The minimum Gasteiger partial charge on any atom is -0.381 e. The Hall–Kier alpha value is -2.41. The smallest absolute Gasteiger partial charge is 0.255 e. The molecular weight excluding hydrogens is 368 g/mol. The van der Waals surface area contributed by atoms with Crippen LogP contribution < -0.4 is 10.6 Å². The summed E-state index contributed by atoms with van der Waals surface area (Å²) >= 11 is 0. The topological polar surface area (TPSA) is 81.8 Å². The fraction of sp³-hybridized carbons (Fsp3) is 0.591. The Morgan fingerprint density at radius 2 is 1.93 bits per heavy atom. The molecule has 1 aromatic rings. The first kappa shape index (κ1) is 19.9. The highest BCUT2D eigenvalue weighted by molar-refractivity contribution is 6.05. The summed E-state index contributed by atoms with van der Waals surface area (Å²) < 4.78 is 0. The second-order valence-electron chi connectivity index (χ2n) is 9.37. The summed E-state index contributed by atoms with van der Waals surface area (Å²) in [4.78, 5) is 40.5. The number of benzene rings is 1. The van der Waals surface area contributed by atoms with E-state index >= 15 is 0 Å². The number of likely N-dealkylation sites (tertiary alicyclic amines) is 1. The van der Waals surface area contributed by atoms with Gasteiger partial charge in [-0.2, -0.15) is 0 Å². The van der Waals surface area contributed by atoms with E-state index in [9.17, 15) is 14.4 Å². The molecule has 0 unspecified atom stereocenters. The highest BCUT2D eigenvalue weighted by atomic mass is 16.2. The van der Waals surface area contributed by atoms with E-state index in [1.165, 1.54) is 6.42 Å². The third-order valence-electron chi connectivity index (χ3n) is 6.26. The average Bonchev–Trinajstić information content (AvgIpc) is 2.97. The van der Waals surface area contributed by atoms with Crippen LogP contribution in [0.4, 0.5) is 5.69 Å². The molecule has 3 aliphatic rings. The van der Waals surface area contributed by atoms with Gasteiger partial charge in [-0.3, -0.25) is 24.6 Å². The van der Waals surface area contributed by atoms with Crippen molar-refractivity contribution in [1.29, 1.82) is 0 Å². The van der Waals surface area contributed by atoms with Gasteiger partial charge in [0.2, 0.25) is 11.8 Å². The third kappa shape index (κ3) is 4.01. The van der Waals surface area contributed by atoms with Gasteiger partial charge in [0.05, 0.1) is 0 Å². The Bertz CT molecular complexity index is 845. The molecule has 2 saturated heterocycles. The van der Waals surface area contributed by atoms with Crippen molar-refractivity contribution in [3.63, 3.8) is 0 Å². The minimum atomic E-state index is -0.567. The molecule has 0 spiro atoms. The summed E-state index contributed by atoms with van der Waals surface area (Å²) in [5.74, 6) is -0.762. The van der Waals surface area contributed by atoms with Crippen LogP contribution in [0.25, 0.3) is 0 Å². The van der Waals surface area contributed by atoms with Gasteiger partial charge >= 0.3 is 0 Å². The number of piperidine rings is 2. The lowest BCUT2D eigenvalue weighted by Crippen LogP contribution is -2.52. The molecule has 2 atom stereocenters. The number of amides is 3. The van der Waals surface area contributed by atoms with Crippen molar-refractivity contribution in [2.75, 3.05) is 18.4 Å². The second-order valence-corrected chi connectivity index (χ2v) is 9.37. The van der Waals surface area contributed by atoms with Gasteiger partial charge in [0.15, 0.2) is 0 Å². The maximum absolute atomic E-state index is 12.8. The fourth-order valence-corrected chi connectivity index (χ4v) is 4.60. The number of carbonyl (C=O) groups excluding carboxylic acids is 3. The number of hydrogen-bond donors (Lipinski definition) is 2. The molecule has 0 aromatic heterocycles. The Morgan fingerprint density at radius 3 is 2.66 bits per heavy atom. The van der Waals surface area contributed by atoms with Crippen LogP contribution in [0.2, 0.25) is 0 Å². The monoisotopic (exact) mass is 398 g/mol. The van der Waals surface area contributed by atoms with E-state index in [0.717, 1.165) is 30.8 Å². The van der Waals surface area contributed by atoms with Gasteiger partial charge in [-0.1, -0.05) is 0 Å². The minimum absolute atomic E-state index is 0.127. The number of hydrogen-bond acceptors (Lipinski definition) is 5. The van der Waals surface area contributed by atoms with Crippen LogP contribution in [-0.4, -0.2) is 58.2 Å². The molecule has 7 heteroatoms. The zero-order valence-corrected chi connectivity index (χ0v) is 17.5. The lowest BCUT2D eigenvalue weighted by Gasteiger charge is -2.42. The first-order valence-electron chi connectivity index (χ1n) is 10.5. The molecular formula is C22H30N4O3. The van der Waals surface area contributed by atoms with Crippen LogP contribution in [0.3, 0.4) is 0 Å². The van der Waals surface area contributed by atoms with Gasteiger partial charge in [0, 0.05) is 42.3 Å². The zero-order valence-electron chi connectivity index (χ0n) is 17.5. The molecule has 2 N–H and O–H groups in total. The van der Waals surface area contributed by atoms with Crippen molar-refractivity contribution in [3.8, 4) is 0 Å². The normalized spacial score (nSPS) is 25.8. The molecule has 0 bridgehead atoms. The lowest BCUT2D eigenvalue weighted by atomic mass is 9.98. The van der Waals surface area contributed by atoms with Crippen molar-refractivity contribution in [2.45, 2.75) is 70.6 Å². The molecule has 7 nitrogen and oxygen atoms in total. The standard InChI is InChI=1S/C22H30N4O3/c1-22(2,3)25-10-4-5-16(13-25)23-15-6-7-17-14(11-15)12-26(21(17)29)18-8-9-19(27)24-20(18)28/h6-7,11,16,18,23H,4-5,8-10,12-13H2,1-3H3,(H,24,27,28)/t16-,18+/m1/s1. The van der Waals surface area contributed by atoms with Crippen molar-refractivity contribution in [1.82, 2.24) is 15.1 Å². The number of nitrogens with zero attached hydrogens (tertiary/aromatic N) is 2. The van der Waals surface area contributed by atoms with Gasteiger partial charge in [-0.15, -0.1) is 0 Å². The maximum atomic E-state index is 12.8. The zero-order chi connectivity index (χ0) is 20.8. The summed E-state index contributed by atoms with van der Waals surface area (Å²) in [6.45, 7) is 9.29. The van der Waals surface area contributed by atoms with E-state index in [1.807, 2.05) is 18.2 Å². The highest BCUT2D eigenvalue weighted by Crippen LogP contribution is 2.30. The summed E-state index contributed by atoms with van der Waals surface area (Å²) in [5, 5.41) is 5.99. The number of nitrogens with one attached hydrogen (secondary N) is 2. The Balaban J connectivity index is 1.45. The second kappa shape index (κ2) is 7.44.